The summed E-state index contributed by atoms with van der Waals surface area (Å²) < 4.78 is 28.3. The number of hydrogen-bond acceptors (Lipinski definition) is 1. The zero-order valence-corrected chi connectivity index (χ0v) is 13.3. The van der Waals surface area contributed by atoms with E-state index in [1.165, 1.54) is 18.2 Å². The lowest BCUT2D eigenvalue weighted by Gasteiger charge is -2.37. The molecule has 112 valence electrons. The van der Waals surface area contributed by atoms with Crippen molar-refractivity contribution in [1.82, 2.24) is 0 Å². The predicted octanol–water partition coefficient (Wildman–Crippen LogP) is 5.55. The zero-order chi connectivity index (χ0) is 15.3. The minimum Gasteiger partial charge on any atom is -0.375 e. The van der Waals surface area contributed by atoms with Crippen LogP contribution in [-0.4, -0.2) is 0 Å². The van der Waals surface area contributed by atoms with Crippen molar-refractivity contribution in [2.24, 2.45) is 5.92 Å². The average molecular weight is 362 g/mol. The molecule has 1 heterocycles. The molecule has 0 unspecified atom stereocenters. The number of rotatable bonds is 1. The van der Waals surface area contributed by atoms with Gasteiger partial charge in [0.05, 0.1) is 11.7 Å². The third-order valence-corrected chi connectivity index (χ3v) is 5.07. The lowest BCUT2D eigenvalue weighted by atomic mass is 9.77. The van der Waals surface area contributed by atoms with Crippen LogP contribution in [0.3, 0.4) is 0 Å². The lowest BCUT2D eigenvalue weighted by molar-refractivity contribution is 0.420. The number of hydrogen-bond donors (Lipinski definition) is 1. The van der Waals surface area contributed by atoms with Gasteiger partial charge in [-0.15, -0.1) is 0 Å². The first kappa shape index (κ1) is 13.9. The van der Waals surface area contributed by atoms with E-state index in [0.29, 0.717) is 11.6 Å². The van der Waals surface area contributed by atoms with Gasteiger partial charge in [0.15, 0.2) is 0 Å². The molecule has 0 bridgehead atoms. The van der Waals surface area contributed by atoms with E-state index < -0.39 is 0 Å². The second-order valence-electron chi connectivity index (χ2n) is 5.88. The Hall–Kier alpha value is -1.68. The van der Waals surface area contributed by atoms with Crippen LogP contribution >= 0.6 is 15.9 Å². The smallest absolute Gasteiger partial charge is 0.147 e. The van der Waals surface area contributed by atoms with Crippen LogP contribution in [0.15, 0.2) is 53.0 Å². The van der Waals surface area contributed by atoms with E-state index in [4.69, 9.17) is 0 Å². The van der Waals surface area contributed by atoms with Gasteiger partial charge in [-0.3, -0.25) is 0 Å². The second-order valence-corrected chi connectivity index (χ2v) is 6.79. The van der Waals surface area contributed by atoms with Gasteiger partial charge in [-0.1, -0.05) is 40.2 Å². The summed E-state index contributed by atoms with van der Waals surface area (Å²) >= 11 is 3.37. The highest BCUT2D eigenvalue weighted by Gasteiger charge is 2.39. The van der Waals surface area contributed by atoms with Crippen molar-refractivity contribution in [3.8, 4) is 0 Å². The Balaban J connectivity index is 1.82. The van der Waals surface area contributed by atoms with E-state index in [0.717, 1.165) is 22.0 Å². The fraction of sp³-hybridized carbons (Fsp3) is 0.222. The van der Waals surface area contributed by atoms with Crippen LogP contribution < -0.4 is 5.32 Å². The SMILES string of the molecule is Fc1ccc([C@@H]2Nc3c(F)cc(Br)cc3[C@@H]3C=CC[C@H]32)cc1. The summed E-state index contributed by atoms with van der Waals surface area (Å²) in [6.45, 7) is 0. The predicted molar refractivity (Wildman–Crippen MR) is 86.9 cm³/mol. The molecule has 1 aliphatic heterocycles. The Morgan fingerprint density at radius 2 is 1.86 bits per heavy atom. The van der Waals surface area contributed by atoms with Crippen LogP contribution in [-0.2, 0) is 0 Å². The minimum atomic E-state index is -0.254. The van der Waals surface area contributed by atoms with Crippen LogP contribution in [0.5, 0.6) is 0 Å². The van der Waals surface area contributed by atoms with Gasteiger partial charge in [0.1, 0.15) is 11.6 Å². The maximum atomic E-state index is 14.4. The van der Waals surface area contributed by atoms with Crippen molar-refractivity contribution in [2.45, 2.75) is 18.4 Å². The molecule has 0 aromatic heterocycles. The number of halogens is 3. The van der Waals surface area contributed by atoms with Crippen molar-refractivity contribution >= 4 is 21.6 Å². The van der Waals surface area contributed by atoms with E-state index >= 15 is 0 Å². The third-order valence-electron chi connectivity index (χ3n) is 4.61. The van der Waals surface area contributed by atoms with Crippen molar-refractivity contribution in [2.75, 3.05) is 5.32 Å². The Morgan fingerprint density at radius 1 is 1.09 bits per heavy atom. The zero-order valence-electron chi connectivity index (χ0n) is 11.7. The van der Waals surface area contributed by atoms with Gasteiger partial charge in [-0.2, -0.15) is 0 Å². The normalized spacial score (nSPS) is 25.5. The van der Waals surface area contributed by atoms with Crippen LogP contribution in [0.4, 0.5) is 14.5 Å². The van der Waals surface area contributed by atoms with E-state index in [9.17, 15) is 8.78 Å². The van der Waals surface area contributed by atoms with E-state index in [1.807, 2.05) is 6.07 Å². The van der Waals surface area contributed by atoms with Crippen molar-refractivity contribution < 1.29 is 8.78 Å². The highest BCUT2D eigenvalue weighted by Crippen LogP contribution is 2.50. The summed E-state index contributed by atoms with van der Waals surface area (Å²) in [7, 11) is 0. The molecule has 0 amide bonds. The molecule has 2 aromatic carbocycles. The first-order valence-corrected chi connectivity index (χ1v) is 8.10. The Labute approximate surface area is 136 Å². The molecule has 1 N–H and O–H groups in total. The molecule has 0 saturated heterocycles. The summed E-state index contributed by atoms with van der Waals surface area (Å²) in [4.78, 5) is 0. The van der Waals surface area contributed by atoms with Crippen molar-refractivity contribution in [1.29, 1.82) is 0 Å². The van der Waals surface area contributed by atoms with Crippen LogP contribution in [0.1, 0.15) is 29.5 Å². The van der Waals surface area contributed by atoms with Gasteiger partial charge < -0.3 is 5.32 Å². The summed E-state index contributed by atoms with van der Waals surface area (Å²) in [5, 5.41) is 3.34. The van der Waals surface area contributed by atoms with Crippen LogP contribution in [0, 0.1) is 17.6 Å². The number of nitrogens with one attached hydrogen (secondary N) is 1. The van der Waals surface area contributed by atoms with Gasteiger partial charge in [-0.05, 0) is 47.7 Å². The van der Waals surface area contributed by atoms with Crippen LogP contribution in [0.2, 0.25) is 0 Å². The highest BCUT2D eigenvalue weighted by molar-refractivity contribution is 9.10. The summed E-state index contributed by atoms with van der Waals surface area (Å²) in [5.41, 5.74) is 2.54. The monoisotopic (exact) mass is 361 g/mol. The topological polar surface area (TPSA) is 12.0 Å². The molecule has 4 rings (SSSR count). The van der Waals surface area contributed by atoms with Gasteiger partial charge in [0, 0.05) is 10.4 Å². The summed E-state index contributed by atoms with van der Waals surface area (Å²) in [5.74, 6) is 0.0105. The average Bonchev–Trinajstić information content (AvgIpc) is 2.97. The molecular formula is C18H14BrF2N. The molecule has 0 saturated carbocycles. The highest BCUT2D eigenvalue weighted by atomic mass is 79.9. The van der Waals surface area contributed by atoms with Gasteiger partial charge in [0.2, 0.25) is 0 Å². The standard InChI is InChI=1S/C18H14BrF2N/c19-11-8-15-13-2-1-3-14(13)17(22-18(15)16(21)9-11)10-4-6-12(20)7-5-10/h1-2,4-9,13-14,17,22H,3H2/t13-,14-,17+/m1/s1. The van der Waals surface area contributed by atoms with Crippen molar-refractivity contribution in [3.63, 3.8) is 0 Å². The molecule has 0 spiro atoms. The molecule has 2 aromatic rings. The number of anilines is 1. The summed E-state index contributed by atoms with van der Waals surface area (Å²) in [6.07, 6.45) is 5.25. The molecular weight excluding hydrogens is 348 g/mol. The minimum absolute atomic E-state index is 0.0104. The third kappa shape index (κ3) is 2.17. The number of fused-ring (bicyclic) bond motifs is 3. The number of benzene rings is 2. The van der Waals surface area contributed by atoms with Crippen molar-refractivity contribution in [3.05, 3.63) is 75.8 Å². The maximum absolute atomic E-state index is 14.4. The largest absolute Gasteiger partial charge is 0.375 e. The Kier molecular flexibility index (Phi) is 3.30. The molecule has 4 heteroatoms. The molecule has 2 aliphatic rings. The molecule has 3 atom stereocenters. The maximum Gasteiger partial charge on any atom is 0.147 e. The van der Waals surface area contributed by atoms with Gasteiger partial charge in [0.25, 0.3) is 0 Å². The lowest BCUT2D eigenvalue weighted by Crippen LogP contribution is -2.29. The fourth-order valence-corrected chi connectivity index (χ4v) is 4.07. The molecule has 1 nitrogen and oxygen atoms in total. The Morgan fingerprint density at radius 3 is 2.64 bits per heavy atom. The molecule has 22 heavy (non-hydrogen) atoms. The first-order chi connectivity index (χ1) is 10.6. The second kappa shape index (κ2) is 5.20. The quantitative estimate of drug-likeness (QED) is 0.656. The molecule has 0 radical (unpaired) electrons. The number of allylic oxidation sites excluding steroid dienone is 2. The summed E-state index contributed by atoms with van der Waals surface area (Å²) in [6, 6.07) is 9.94. The molecule has 0 fully saturated rings. The van der Waals surface area contributed by atoms with Gasteiger partial charge in [-0.25, -0.2) is 8.78 Å². The van der Waals surface area contributed by atoms with Gasteiger partial charge >= 0.3 is 0 Å². The fourth-order valence-electron chi connectivity index (χ4n) is 3.62. The molecule has 1 aliphatic carbocycles. The van der Waals surface area contributed by atoms with E-state index in [1.54, 1.807) is 12.1 Å². The van der Waals surface area contributed by atoms with E-state index in [2.05, 4.69) is 33.4 Å². The van der Waals surface area contributed by atoms with Crippen LogP contribution in [0.25, 0.3) is 0 Å². The first-order valence-electron chi connectivity index (χ1n) is 7.31. The Bertz CT molecular complexity index is 754. The van der Waals surface area contributed by atoms with E-state index in [-0.39, 0.29) is 23.6 Å².